The van der Waals surface area contributed by atoms with Crippen molar-refractivity contribution in [1.29, 1.82) is 0 Å². The first-order valence-corrected chi connectivity index (χ1v) is 6.14. The van der Waals surface area contributed by atoms with Crippen molar-refractivity contribution in [3.8, 4) is 0 Å². The Morgan fingerprint density at radius 1 is 1.56 bits per heavy atom. The maximum atomic E-state index is 12.0. The highest BCUT2D eigenvalue weighted by molar-refractivity contribution is 5.82. The highest BCUT2D eigenvalue weighted by Crippen LogP contribution is 2.12. The molecule has 0 unspecified atom stereocenters. The van der Waals surface area contributed by atoms with Crippen LogP contribution >= 0.6 is 0 Å². The molecule has 2 heterocycles. The van der Waals surface area contributed by atoms with Crippen LogP contribution in [0.1, 0.15) is 23.9 Å². The third kappa shape index (κ3) is 2.70. The van der Waals surface area contributed by atoms with Crippen molar-refractivity contribution in [2.24, 2.45) is 0 Å². The van der Waals surface area contributed by atoms with Crippen LogP contribution in [0.2, 0.25) is 0 Å². The molecule has 18 heavy (non-hydrogen) atoms. The highest BCUT2D eigenvalue weighted by Gasteiger charge is 2.28. The summed E-state index contributed by atoms with van der Waals surface area (Å²) in [5.41, 5.74) is 1.75. The van der Waals surface area contributed by atoms with Gasteiger partial charge >= 0.3 is 0 Å². The minimum absolute atomic E-state index is 0.0535. The quantitative estimate of drug-likeness (QED) is 0.809. The molecule has 1 aliphatic rings. The summed E-state index contributed by atoms with van der Waals surface area (Å²) in [6.45, 7) is 7.38. The zero-order valence-electron chi connectivity index (χ0n) is 10.9. The van der Waals surface area contributed by atoms with Crippen LogP contribution in [-0.4, -0.2) is 36.4 Å². The van der Waals surface area contributed by atoms with Gasteiger partial charge in [0.25, 0.3) is 0 Å². The molecule has 1 fully saturated rings. The Morgan fingerprint density at radius 3 is 2.94 bits per heavy atom. The average Bonchev–Trinajstić information content (AvgIpc) is 2.67. The molecule has 100 valence electrons. The molecule has 1 aromatic heterocycles. The zero-order valence-corrected chi connectivity index (χ0v) is 10.9. The van der Waals surface area contributed by atoms with Crippen molar-refractivity contribution >= 4 is 5.91 Å². The van der Waals surface area contributed by atoms with E-state index >= 15 is 0 Å². The summed E-state index contributed by atoms with van der Waals surface area (Å²) in [4.78, 5) is 12.0. The number of morpholine rings is 1. The highest BCUT2D eigenvalue weighted by atomic mass is 16.5. The predicted octanol–water partition coefficient (Wildman–Crippen LogP) is 0.285. The molecule has 0 spiro atoms. The van der Waals surface area contributed by atoms with Gasteiger partial charge in [-0.1, -0.05) is 5.16 Å². The van der Waals surface area contributed by atoms with Crippen molar-refractivity contribution in [2.75, 3.05) is 13.2 Å². The topological polar surface area (TPSA) is 76.4 Å². The second kappa shape index (κ2) is 5.49. The Morgan fingerprint density at radius 2 is 2.33 bits per heavy atom. The van der Waals surface area contributed by atoms with Gasteiger partial charge in [-0.2, -0.15) is 0 Å². The number of nitrogens with one attached hydrogen (secondary N) is 2. The summed E-state index contributed by atoms with van der Waals surface area (Å²) >= 11 is 0. The number of aryl methyl sites for hydroxylation is 2. The second-order valence-electron chi connectivity index (χ2n) is 4.53. The Balaban J connectivity index is 1.92. The molecule has 0 aromatic carbocycles. The predicted molar refractivity (Wildman–Crippen MR) is 65.0 cm³/mol. The van der Waals surface area contributed by atoms with Crippen LogP contribution < -0.4 is 10.6 Å². The fourth-order valence-electron chi connectivity index (χ4n) is 2.07. The summed E-state index contributed by atoms with van der Waals surface area (Å²) in [5, 5.41) is 9.89. The lowest BCUT2D eigenvalue weighted by atomic mass is 10.1. The van der Waals surface area contributed by atoms with E-state index in [1.54, 1.807) is 0 Å². The van der Waals surface area contributed by atoms with Crippen molar-refractivity contribution in [2.45, 2.75) is 39.5 Å². The minimum atomic E-state index is -0.292. The van der Waals surface area contributed by atoms with Crippen LogP contribution in [0.3, 0.4) is 0 Å². The summed E-state index contributed by atoms with van der Waals surface area (Å²) in [6, 6.07) is -0.292. The second-order valence-corrected chi connectivity index (χ2v) is 4.53. The van der Waals surface area contributed by atoms with E-state index < -0.39 is 0 Å². The number of ether oxygens (including phenoxy) is 1. The minimum Gasteiger partial charge on any atom is -0.375 e. The Hall–Kier alpha value is -1.40. The van der Waals surface area contributed by atoms with E-state index in [1.165, 1.54) is 0 Å². The van der Waals surface area contributed by atoms with Crippen LogP contribution in [0.5, 0.6) is 0 Å². The molecule has 1 aromatic rings. The lowest BCUT2D eigenvalue weighted by Gasteiger charge is -2.29. The number of hydrogen-bond acceptors (Lipinski definition) is 5. The molecule has 1 aliphatic heterocycles. The van der Waals surface area contributed by atoms with Crippen LogP contribution in [0.15, 0.2) is 4.52 Å². The smallest absolute Gasteiger partial charge is 0.240 e. The van der Waals surface area contributed by atoms with Crippen LogP contribution in [-0.2, 0) is 16.1 Å². The number of nitrogens with zero attached hydrogens (tertiary/aromatic N) is 1. The van der Waals surface area contributed by atoms with E-state index in [0.717, 1.165) is 17.0 Å². The Bertz CT molecular complexity index is 411. The first-order chi connectivity index (χ1) is 8.59. The van der Waals surface area contributed by atoms with E-state index in [4.69, 9.17) is 9.26 Å². The first kappa shape index (κ1) is 13.0. The number of amides is 1. The normalized spacial score (nSPS) is 23.9. The van der Waals surface area contributed by atoms with Gasteiger partial charge in [-0.25, -0.2) is 0 Å². The monoisotopic (exact) mass is 253 g/mol. The van der Waals surface area contributed by atoms with Crippen molar-refractivity contribution in [3.63, 3.8) is 0 Å². The van der Waals surface area contributed by atoms with Gasteiger partial charge in [-0.05, 0) is 20.8 Å². The van der Waals surface area contributed by atoms with Gasteiger partial charge in [0, 0.05) is 18.7 Å². The third-order valence-corrected chi connectivity index (χ3v) is 3.22. The molecule has 0 saturated carbocycles. The maximum absolute atomic E-state index is 12.0. The molecular weight excluding hydrogens is 234 g/mol. The molecular formula is C12H19N3O3. The molecule has 6 nitrogen and oxygen atoms in total. The standard InChI is InChI=1S/C12H19N3O3/c1-7-10(8(2)18-15-7)6-14-12(16)11-9(3)17-5-4-13-11/h9,11,13H,4-6H2,1-3H3,(H,14,16)/t9-,11+/m1/s1. The number of aromatic nitrogens is 1. The van der Waals surface area contributed by atoms with Gasteiger partial charge in [0.15, 0.2) is 0 Å². The molecule has 6 heteroatoms. The Kier molecular flexibility index (Phi) is 3.98. The van der Waals surface area contributed by atoms with E-state index in [9.17, 15) is 4.79 Å². The van der Waals surface area contributed by atoms with E-state index in [1.807, 2.05) is 20.8 Å². The van der Waals surface area contributed by atoms with Crippen LogP contribution in [0, 0.1) is 13.8 Å². The SMILES string of the molecule is Cc1noc(C)c1CNC(=O)[C@H]1NCCO[C@@H]1C. The van der Waals surface area contributed by atoms with Gasteiger partial charge in [0.2, 0.25) is 5.91 Å². The van der Waals surface area contributed by atoms with Gasteiger partial charge in [-0.3, -0.25) is 4.79 Å². The van der Waals surface area contributed by atoms with E-state index in [0.29, 0.717) is 19.7 Å². The maximum Gasteiger partial charge on any atom is 0.240 e. The zero-order chi connectivity index (χ0) is 13.1. The summed E-state index contributed by atoms with van der Waals surface area (Å²) < 4.78 is 10.5. The third-order valence-electron chi connectivity index (χ3n) is 3.22. The molecule has 0 radical (unpaired) electrons. The molecule has 2 atom stereocenters. The van der Waals surface area contributed by atoms with Crippen LogP contribution in [0.4, 0.5) is 0 Å². The fraction of sp³-hybridized carbons (Fsp3) is 0.667. The molecule has 1 amide bonds. The van der Waals surface area contributed by atoms with Crippen LogP contribution in [0.25, 0.3) is 0 Å². The lowest BCUT2D eigenvalue weighted by Crippen LogP contribution is -2.55. The number of carbonyl (C=O) groups excluding carboxylic acids is 1. The van der Waals surface area contributed by atoms with Gasteiger partial charge in [-0.15, -0.1) is 0 Å². The largest absolute Gasteiger partial charge is 0.375 e. The lowest BCUT2D eigenvalue weighted by molar-refractivity contribution is -0.129. The fourth-order valence-corrected chi connectivity index (χ4v) is 2.07. The van der Waals surface area contributed by atoms with Crippen molar-refractivity contribution < 1.29 is 14.1 Å². The molecule has 2 rings (SSSR count). The molecule has 1 saturated heterocycles. The van der Waals surface area contributed by atoms with Crippen molar-refractivity contribution in [1.82, 2.24) is 15.8 Å². The summed E-state index contributed by atoms with van der Waals surface area (Å²) in [5.74, 6) is 0.691. The number of hydrogen-bond donors (Lipinski definition) is 2. The molecule has 0 bridgehead atoms. The summed E-state index contributed by atoms with van der Waals surface area (Å²) in [6.07, 6.45) is -0.108. The molecule has 0 aliphatic carbocycles. The number of rotatable bonds is 3. The van der Waals surface area contributed by atoms with E-state index in [2.05, 4.69) is 15.8 Å². The van der Waals surface area contributed by atoms with E-state index in [-0.39, 0.29) is 18.1 Å². The Labute approximate surface area is 106 Å². The number of carbonyl (C=O) groups is 1. The average molecular weight is 253 g/mol. The van der Waals surface area contributed by atoms with Gasteiger partial charge < -0.3 is 19.9 Å². The molecule has 2 N–H and O–H groups in total. The van der Waals surface area contributed by atoms with Crippen molar-refractivity contribution in [3.05, 3.63) is 17.0 Å². The summed E-state index contributed by atoms with van der Waals surface area (Å²) in [7, 11) is 0. The first-order valence-electron chi connectivity index (χ1n) is 6.14. The van der Waals surface area contributed by atoms with Gasteiger partial charge in [0.1, 0.15) is 11.8 Å². The van der Waals surface area contributed by atoms with Gasteiger partial charge in [0.05, 0.1) is 18.4 Å².